The maximum Gasteiger partial charge on any atom is 0.230 e. The van der Waals surface area contributed by atoms with Crippen molar-refractivity contribution in [2.24, 2.45) is 5.41 Å². The summed E-state index contributed by atoms with van der Waals surface area (Å²) in [7, 11) is 0. The first-order valence-electron chi connectivity index (χ1n) is 9.31. The fourth-order valence-electron chi connectivity index (χ4n) is 2.76. The summed E-state index contributed by atoms with van der Waals surface area (Å²) in [5, 5.41) is 2.93. The Morgan fingerprint density at radius 1 is 1.04 bits per heavy atom. The third-order valence-electron chi connectivity index (χ3n) is 4.71. The van der Waals surface area contributed by atoms with E-state index in [1.807, 2.05) is 33.8 Å². The van der Waals surface area contributed by atoms with Gasteiger partial charge in [0.1, 0.15) is 5.75 Å². The summed E-state index contributed by atoms with van der Waals surface area (Å²) in [5.41, 5.74) is 3.11. The van der Waals surface area contributed by atoms with E-state index >= 15 is 0 Å². The molecule has 0 bridgehead atoms. The number of Topliss-reactive ketones (excluding diaryl/α,β-unsaturated/α-hetero) is 1. The molecule has 0 spiro atoms. The van der Waals surface area contributed by atoms with Crippen LogP contribution in [0.3, 0.4) is 0 Å². The molecule has 0 atom stereocenters. The molecule has 144 valence electrons. The van der Waals surface area contributed by atoms with Crippen LogP contribution >= 0.6 is 0 Å². The fraction of sp³-hybridized carbons (Fsp3) is 0.391. The third-order valence-corrected chi connectivity index (χ3v) is 4.71. The SMILES string of the molecule is CC(=O)c1ccc(NC(=O)C(C)(C)CCCOc2cc(C)ccc2C)cc1. The molecule has 1 N–H and O–H groups in total. The highest BCUT2D eigenvalue weighted by Gasteiger charge is 2.27. The molecule has 0 aliphatic heterocycles. The predicted molar refractivity (Wildman–Crippen MR) is 110 cm³/mol. The lowest BCUT2D eigenvalue weighted by Gasteiger charge is -2.23. The molecule has 0 aliphatic carbocycles. The second-order valence-corrected chi connectivity index (χ2v) is 7.69. The molecule has 2 aromatic carbocycles. The monoisotopic (exact) mass is 367 g/mol. The van der Waals surface area contributed by atoms with Gasteiger partial charge < -0.3 is 10.1 Å². The van der Waals surface area contributed by atoms with E-state index in [2.05, 4.69) is 17.4 Å². The molecular formula is C23H29NO3. The van der Waals surface area contributed by atoms with Crippen LogP contribution in [0.4, 0.5) is 5.69 Å². The van der Waals surface area contributed by atoms with Crippen molar-refractivity contribution in [3.8, 4) is 5.75 Å². The van der Waals surface area contributed by atoms with Crippen molar-refractivity contribution in [2.45, 2.75) is 47.5 Å². The lowest BCUT2D eigenvalue weighted by Crippen LogP contribution is -2.31. The van der Waals surface area contributed by atoms with Gasteiger partial charge in [-0.1, -0.05) is 26.0 Å². The lowest BCUT2D eigenvalue weighted by molar-refractivity contribution is -0.124. The number of carbonyl (C=O) groups excluding carboxylic acids is 2. The molecule has 0 fully saturated rings. The van der Waals surface area contributed by atoms with Gasteiger partial charge in [0, 0.05) is 16.7 Å². The summed E-state index contributed by atoms with van der Waals surface area (Å²) in [5.74, 6) is 0.879. The quantitative estimate of drug-likeness (QED) is 0.507. The van der Waals surface area contributed by atoms with E-state index in [9.17, 15) is 9.59 Å². The summed E-state index contributed by atoms with van der Waals surface area (Å²) in [4.78, 5) is 23.9. The van der Waals surface area contributed by atoms with Crippen LogP contribution in [0.25, 0.3) is 0 Å². The van der Waals surface area contributed by atoms with Gasteiger partial charge in [-0.05, 0) is 75.1 Å². The van der Waals surface area contributed by atoms with Crippen LogP contribution in [0.15, 0.2) is 42.5 Å². The third kappa shape index (κ3) is 5.95. The molecular weight excluding hydrogens is 338 g/mol. The van der Waals surface area contributed by atoms with Gasteiger partial charge in [0.15, 0.2) is 5.78 Å². The Bertz CT molecular complexity index is 807. The minimum atomic E-state index is -0.510. The number of ether oxygens (including phenoxy) is 1. The lowest BCUT2D eigenvalue weighted by atomic mass is 9.87. The van der Waals surface area contributed by atoms with Crippen molar-refractivity contribution in [3.05, 3.63) is 59.2 Å². The zero-order valence-electron chi connectivity index (χ0n) is 16.9. The van der Waals surface area contributed by atoms with Crippen molar-refractivity contribution in [3.63, 3.8) is 0 Å². The molecule has 2 rings (SSSR count). The van der Waals surface area contributed by atoms with E-state index in [1.54, 1.807) is 24.3 Å². The van der Waals surface area contributed by atoms with Crippen LogP contribution < -0.4 is 10.1 Å². The average Bonchev–Trinajstić information content (AvgIpc) is 2.62. The van der Waals surface area contributed by atoms with E-state index in [0.717, 1.165) is 24.2 Å². The van der Waals surface area contributed by atoms with Crippen molar-refractivity contribution in [1.29, 1.82) is 0 Å². The van der Waals surface area contributed by atoms with Crippen LogP contribution in [0, 0.1) is 19.3 Å². The van der Waals surface area contributed by atoms with Crippen molar-refractivity contribution in [2.75, 3.05) is 11.9 Å². The van der Waals surface area contributed by atoms with Gasteiger partial charge >= 0.3 is 0 Å². The number of rotatable bonds is 8. The molecule has 0 aromatic heterocycles. The highest BCUT2D eigenvalue weighted by molar-refractivity contribution is 5.97. The minimum absolute atomic E-state index is 0.0112. The van der Waals surface area contributed by atoms with Gasteiger partial charge in [-0.3, -0.25) is 9.59 Å². The van der Waals surface area contributed by atoms with E-state index < -0.39 is 5.41 Å². The Balaban J connectivity index is 1.84. The van der Waals surface area contributed by atoms with E-state index in [-0.39, 0.29) is 11.7 Å². The summed E-state index contributed by atoms with van der Waals surface area (Å²) >= 11 is 0. The molecule has 2 aromatic rings. The first kappa shape index (κ1) is 20.7. The standard InChI is InChI=1S/C23H29NO3/c1-16-7-8-17(2)21(15-16)27-14-6-13-23(4,5)22(26)24-20-11-9-19(10-12-20)18(3)25/h7-12,15H,6,13-14H2,1-5H3,(H,24,26). The van der Waals surface area contributed by atoms with Gasteiger partial charge in [-0.15, -0.1) is 0 Å². The number of hydrogen-bond donors (Lipinski definition) is 1. The van der Waals surface area contributed by atoms with Crippen molar-refractivity contribution < 1.29 is 14.3 Å². The number of nitrogens with one attached hydrogen (secondary N) is 1. The maximum atomic E-state index is 12.6. The van der Waals surface area contributed by atoms with Crippen LogP contribution in [0.2, 0.25) is 0 Å². The smallest absolute Gasteiger partial charge is 0.230 e. The van der Waals surface area contributed by atoms with Gasteiger partial charge in [0.05, 0.1) is 6.61 Å². The topological polar surface area (TPSA) is 55.4 Å². The number of amides is 1. The highest BCUT2D eigenvalue weighted by atomic mass is 16.5. The van der Waals surface area contributed by atoms with Crippen LogP contribution in [0.1, 0.15) is 55.1 Å². The second kappa shape index (κ2) is 8.85. The molecule has 27 heavy (non-hydrogen) atoms. The number of ketones is 1. The van der Waals surface area contributed by atoms with Gasteiger partial charge in [-0.25, -0.2) is 0 Å². The molecule has 0 heterocycles. The van der Waals surface area contributed by atoms with E-state index in [1.165, 1.54) is 12.5 Å². The van der Waals surface area contributed by atoms with E-state index in [0.29, 0.717) is 17.9 Å². The van der Waals surface area contributed by atoms with Crippen molar-refractivity contribution in [1.82, 2.24) is 0 Å². The molecule has 4 heteroatoms. The zero-order valence-corrected chi connectivity index (χ0v) is 16.9. The Hall–Kier alpha value is -2.62. The molecule has 4 nitrogen and oxygen atoms in total. The summed E-state index contributed by atoms with van der Waals surface area (Å²) in [6.07, 6.45) is 1.51. The Labute approximate surface area is 161 Å². The van der Waals surface area contributed by atoms with Crippen LogP contribution in [0.5, 0.6) is 5.75 Å². The van der Waals surface area contributed by atoms with Gasteiger partial charge in [0.25, 0.3) is 0 Å². The predicted octanol–water partition coefficient (Wildman–Crippen LogP) is 5.33. The molecule has 1 amide bonds. The van der Waals surface area contributed by atoms with E-state index in [4.69, 9.17) is 4.74 Å². The first-order chi connectivity index (χ1) is 12.7. The zero-order chi connectivity index (χ0) is 20.0. The summed E-state index contributed by atoms with van der Waals surface area (Å²) < 4.78 is 5.88. The van der Waals surface area contributed by atoms with Gasteiger partial charge in [-0.2, -0.15) is 0 Å². The maximum absolute atomic E-state index is 12.6. The summed E-state index contributed by atoms with van der Waals surface area (Å²) in [6.45, 7) is 10.0. The number of benzene rings is 2. The molecule has 0 saturated carbocycles. The number of hydrogen-bond acceptors (Lipinski definition) is 3. The Kier molecular flexibility index (Phi) is 6.78. The second-order valence-electron chi connectivity index (χ2n) is 7.69. The molecule has 0 unspecified atom stereocenters. The number of aryl methyl sites for hydroxylation is 2. The average molecular weight is 367 g/mol. The normalized spacial score (nSPS) is 11.1. The highest BCUT2D eigenvalue weighted by Crippen LogP contribution is 2.26. The largest absolute Gasteiger partial charge is 0.493 e. The van der Waals surface area contributed by atoms with Crippen LogP contribution in [-0.2, 0) is 4.79 Å². The van der Waals surface area contributed by atoms with Crippen LogP contribution in [-0.4, -0.2) is 18.3 Å². The number of anilines is 1. The van der Waals surface area contributed by atoms with Gasteiger partial charge in [0.2, 0.25) is 5.91 Å². The molecule has 0 aliphatic rings. The van der Waals surface area contributed by atoms with Crippen molar-refractivity contribution >= 4 is 17.4 Å². The Morgan fingerprint density at radius 2 is 1.70 bits per heavy atom. The minimum Gasteiger partial charge on any atom is -0.493 e. The first-order valence-corrected chi connectivity index (χ1v) is 9.31. The Morgan fingerprint density at radius 3 is 2.33 bits per heavy atom. The summed E-state index contributed by atoms with van der Waals surface area (Å²) in [6, 6.07) is 13.1. The number of carbonyl (C=O) groups is 2. The fourth-order valence-corrected chi connectivity index (χ4v) is 2.76. The molecule has 0 saturated heterocycles. The molecule has 0 radical (unpaired) electrons.